The molecule has 13 heavy (non-hydrogen) atoms. The molecular weight excluding hydrogens is 168 g/mol. The van der Waals surface area contributed by atoms with Gasteiger partial charge in [-0.15, -0.1) is 0 Å². The number of ether oxygens (including phenoxy) is 1. The number of amides is 1. The highest BCUT2D eigenvalue weighted by Gasteiger charge is 2.21. The molecule has 0 rings (SSSR count). The molecule has 2 atom stereocenters. The number of alkyl carbamates (subject to hydrolysis) is 1. The summed E-state index contributed by atoms with van der Waals surface area (Å²) in [6.07, 6.45) is 1.03. The van der Waals surface area contributed by atoms with Gasteiger partial charge in [-0.2, -0.15) is 0 Å². The predicted octanol–water partition coefficient (Wildman–Crippen LogP) is 1.60. The van der Waals surface area contributed by atoms with Crippen LogP contribution in [0.5, 0.6) is 0 Å². The maximum atomic E-state index is 11.2. The van der Waals surface area contributed by atoms with Gasteiger partial charge in [-0.05, 0) is 26.7 Å². The fourth-order valence-corrected chi connectivity index (χ4v) is 0.617. The summed E-state index contributed by atoms with van der Waals surface area (Å²) in [6, 6.07) is 0.125. The van der Waals surface area contributed by atoms with Gasteiger partial charge >= 0.3 is 6.09 Å². The smallest absolute Gasteiger partial charge is 0.409 e. The van der Waals surface area contributed by atoms with E-state index in [2.05, 4.69) is 5.32 Å². The Morgan fingerprint density at radius 3 is 2.54 bits per heavy atom. The van der Waals surface area contributed by atoms with E-state index in [9.17, 15) is 4.79 Å². The van der Waals surface area contributed by atoms with Gasteiger partial charge < -0.3 is 10.1 Å². The van der Waals surface area contributed by atoms with Crippen molar-refractivity contribution in [1.29, 1.82) is 0 Å². The second kappa shape index (κ2) is 5.07. The lowest BCUT2D eigenvalue weighted by molar-refractivity contribution is 0.0254. The van der Waals surface area contributed by atoms with Crippen LogP contribution in [0, 0.1) is 0 Å². The Balaban J connectivity index is 3.87. The molecule has 0 aromatic rings. The van der Waals surface area contributed by atoms with Gasteiger partial charge in [-0.1, -0.05) is 13.8 Å². The van der Waals surface area contributed by atoms with Crippen LogP contribution in [0.1, 0.15) is 40.5 Å². The summed E-state index contributed by atoms with van der Waals surface area (Å²) in [5.74, 6) is 0. The number of carbonyl (C=O) groups excluding carboxylic acids is 1. The van der Waals surface area contributed by atoms with Crippen molar-refractivity contribution in [3.05, 3.63) is 0 Å². The maximum absolute atomic E-state index is 11.2. The molecule has 0 fully saturated rings. The van der Waals surface area contributed by atoms with Gasteiger partial charge in [0.2, 0.25) is 0 Å². The van der Waals surface area contributed by atoms with E-state index in [4.69, 9.17) is 10.5 Å². The minimum atomic E-state index is -0.864. The number of hydrogen-bond donors (Lipinski definition) is 2. The average molecular weight is 188 g/mol. The van der Waals surface area contributed by atoms with Crippen LogP contribution in [-0.2, 0) is 4.74 Å². The van der Waals surface area contributed by atoms with E-state index in [1.807, 2.05) is 20.8 Å². The standard InChI is InChI=1S/C9H20N2O2/c1-5-7(3)11-8(12)13-9(4,10)6-2/h7H,5-6,10H2,1-4H3,(H,11,12). The fourth-order valence-electron chi connectivity index (χ4n) is 0.617. The summed E-state index contributed by atoms with van der Waals surface area (Å²) < 4.78 is 4.99. The first-order chi connectivity index (χ1) is 5.91. The van der Waals surface area contributed by atoms with Crippen molar-refractivity contribution in [2.75, 3.05) is 0 Å². The van der Waals surface area contributed by atoms with Crippen LogP contribution in [-0.4, -0.2) is 17.9 Å². The van der Waals surface area contributed by atoms with Gasteiger partial charge in [0.25, 0.3) is 0 Å². The SMILES string of the molecule is CCC(C)NC(=O)OC(C)(N)CC. The Labute approximate surface area is 79.8 Å². The monoisotopic (exact) mass is 188 g/mol. The zero-order chi connectivity index (χ0) is 10.5. The van der Waals surface area contributed by atoms with E-state index >= 15 is 0 Å². The summed E-state index contributed by atoms with van der Waals surface area (Å²) in [5, 5.41) is 2.68. The fraction of sp³-hybridized carbons (Fsp3) is 0.889. The van der Waals surface area contributed by atoms with Crippen molar-refractivity contribution in [2.45, 2.75) is 52.3 Å². The van der Waals surface area contributed by atoms with Gasteiger partial charge in [-0.25, -0.2) is 4.79 Å². The molecule has 1 amide bonds. The molecule has 0 aliphatic rings. The molecule has 0 aliphatic carbocycles. The van der Waals surface area contributed by atoms with Crippen LogP contribution < -0.4 is 11.1 Å². The summed E-state index contributed by atoms with van der Waals surface area (Å²) >= 11 is 0. The number of hydrogen-bond acceptors (Lipinski definition) is 3. The van der Waals surface area contributed by atoms with Crippen molar-refractivity contribution in [3.8, 4) is 0 Å². The van der Waals surface area contributed by atoms with E-state index in [0.717, 1.165) is 6.42 Å². The summed E-state index contributed by atoms with van der Waals surface area (Å²) in [7, 11) is 0. The van der Waals surface area contributed by atoms with E-state index in [0.29, 0.717) is 6.42 Å². The molecule has 0 spiro atoms. The molecule has 0 saturated heterocycles. The molecule has 2 unspecified atom stereocenters. The zero-order valence-corrected chi connectivity index (χ0v) is 8.89. The van der Waals surface area contributed by atoms with Crippen LogP contribution in [0.15, 0.2) is 0 Å². The molecule has 4 nitrogen and oxygen atoms in total. The van der Waals surface area contributed by atoms with Gasteiger partial charge in [-0.3, -0.25) is 5.73 Å². The van der Waals surface area contributed by atoms with E-state index in [1.54, 1.807) is 6.92 Å². The lowest BCUT2D eigenvalue weighted by Gasteiger charge is -2.24. The van der Waals surface area contributed by atoms with Gasteiger partial charge in [0, 0.05) is 6.04 Å². The second-order valence-electron chi connectivity index (χ2n) is 3.51. The number of nitrogens with one attached hydrogen (secondary N) is 1. The third kappa shape index (κ3) is 5.47. The molecule has 0 aromatic heterocycles. The van der Waals surface area contributed by atoms with Crippen molar-refractivity contribution >= 4 is 6.09 Å². The van der Waals surface area contributed by atoms with Crippen LogP contribution in [0.4, 0.5) is 4.79 Å². The molecule has 78 valence electrons. The van der Waals surface area contributed by atoms with E-state index in [-0.39, 0.29) is 6.04 Å². The molecule has 0 bridgehead atoms. The van der Waals surface area contributed by atoms with Crippen LogP contribution >= 0.6 is 0 Å². The zero-order valence-electron chi connectivity index (χ0n) is 8.89. The first-order valence-corrected chi connectivity index (χ1v) is 4.69. The molecule has 0 saturated carbocycles. The molecule has 0 aliphatic heterocycles. The van der Waals surface area contributed by atoms with Gasteiger partial charge in [0.1, 0.15) is 0 Å². The third-order valence-electron chi connectivity index (χ3n) is 2.00. The summed E-state index contributed by atoms with van der Waals surface area (Å²) in [4.78, 5) is 11.2. The minimum Gasteiger partial charge on any atom is -0.428 e. The molecule has 0 aromatic carbocycles. The third-order valence-corrected chi connectivity index (χ3v) is 2.00. The van der Waals surface area contributed by atoms with Gasteiger partial charge in [0.05, 0.1) is 0 Å². The van der Waals surface area contributed by atoms with Crippen molar-refractivity contribution < 1.29 is 9.53 Å². The normalized spacial score (nSPS) is 17.3. The van der Waals surface area contributed by atoms with Crippen molar-refractivity contribution in [1.82, 2.24) is 5.32 Å². The number of rotatable bonds is 4. The molecule has 4 heteroatoms. The highest BCUT2D eigenvalue weighted by atomic mass is 16.6. The lowest BCUT2D eigenvalue weighted by Crippen LogP contribution is -2.45. The van der Waals surface area contributed by atoms with E-state index in [1.165, 1.54) is 0 Å². The topological polar surface area (TPSA) is 64.3 Å². The van der Waals surface area contributed by atoms with Crippen molar-refractivity contribution in [3.63, 3.8) is 0 Å². The first kappa shape index (κ1) is 12.2. The quantitative estimate of drug-likeness (QED) is 0.658. The lowest BCUT2D eigenvalue weighted by atomic mass is 10.2. The summed E-state index contributed by atoms with van der Waals surface area (Å²) in [5.41, 5.74) is 4.79. The van der Waals surface area contributed by atoms with Crippen LogP contribution in [0.3, 0.4) is 0 Å². The second-order valence-corrected chi connectivity index (χ2v) is 3.51. The number of carbonyl (C=O) groups is 1. The summed E-state index contributed by atoms with van der Waals surface area (Å²) in [6.45, 7) is 7.47. The molecule has 0 heterocycles. The first-order valence-electron chi connectivity index (χ1n) is 4.69. The average Bonchev–Trinajstić information content (AvgIpc) is 2.03. The van der Waals surface area contributed by atoms with Crippen LogP contribution in [0.2, 0.25) is 0 Å². The molecular formula is C9H20N2O2. The van der Waals surface area contributed by atoms with Crippen molar-refractivity contribution in [2.24, 2.45) is 5.73 Å². The predicted molar refractivity (Wildman–Crippen MR) is 52.3 cm³/mol. The van der Waals surface area contributed by atoms with Crippen LogP contribution in [0.25, 0.3) is 0 Å². The Morgan fingerprint density at radius 1 is 1.62 bits per heavy atom. The highest BCUT2D eigenvalue weighted by Crippen LogP contribution is 2.06. The maximum Gasteiger partial charge on any atom is 0.409 e. The Kier molecular flexibility index (Phi) is 4.77. The minimum absolute atomic E-state index is 0.125. The Hall–Kier alpha value is -0.770. The van der Waals surface area contributed by atoms with E-state index < -0.39 is 11.8 Å². The Bertz CT molecular complexity index is 169. The molecule has 0 radical (unpaired) electrons. The molecule has 3 N–H and O–H groups in total. The Morgan fingerprint density at radius 2 is 2.15 bits per heavy atom. The van der Waals surface area contributed by atoms with Gasteiger partial charge in [0.15, 0.2) is 5.72 Å². The highest BCUT2D eigenvalue weighted by molar-refractivity contribution is 5.67. The largest absolute Gasteiger partial charge is 0.428 e. The number of nitrogens with two attached hydrogens (primary N) is 1.